The molecule has 5 amide bonds. The van der Waals surface area contributed by atoms with E-state index in [1.165, 1.54) is 0 Å². The summed E-state index contributed by atoms with van der Waals surface area (Å²) in [7, 11) is 0. The highest BCUT2D eigenvalue weighted by Crippen LogP contribution is 2.22. The number of hydrogen-bond acceptors (Lipinski definition) is 6. The third kappa shape index (κ3) is 7.68. The Morgan fingerprint density at radius 1 is 0.844 bits per heavy atom. The third-order valence-corrected chi connectivity index (χ3v) is 4.45. The molecule has 0 fully saturated rings. The minimum absolute atomic E-state index is 0.0907. The van der Waals surface area contributed by atoms with Gasteiger partial charge in [-0.3, -0.25) is 24.1 Å². The van der Waals surface area contributed by atoms with Crippen LogP contribution in [-0.2, 0) is 14.3 Å². The molecule has 0 saturated heterocycles. The summed E-state index contributed by atoms with van der Waals surface area (Å²) in [4.78, 5) is 60.8. The molecule has 1 heterocycles. The number of benzene rings is 1. The molecule has 0 spiro atoms. The van der Waals surface area contributed by atoms with Crippen LogP contribution in [0.2, 0.25) is 0 Å². The predicted octanol–water partition coefficient (Wildman–Crippen LogP) is 1.21. The van der Waals surface area contributed by atoms with Crippen molar-refractivity contribution in [2.24, 2.45) is 0 Å². The topological polar surface area (TPSA) is 134 Å². The Balaban J connectivity index is 1.54. The van der Waals surface area contributed by atoms with E-state index in [1.54, 1.807) is 45.0 Å². The Kier molecular flexibility index (Phi) is 8.74. The number of imide groups is 1. The Morgan fingerprint density at radius 2 is 1.38 bits per heavy atom. The van der Waals surface area contributed by atoms with Crippen LogP contribution in [0.5, 0.6) is 0 Å². The molecule has 1 aromatic rings. The smallest absolute Gasteiger partial charge is 0.407 e. The van der Waals surface area contributed by atoms with E-state index >= 15 is 0 Å². The molecule has 1 aliphatic rings. The molecule has 0 atom stereocenters. The molecule has 0 saturated carbocycles. The second kappa shape index (κ2) is 11.3. The van der Waals surface area contributed by atoms with Crippen LogP contribution in [-0.4, -0.2) is 66.4 Å². The van der Waals surface area contributed by atoms with Crippen LogP contribution >= 0.6 is 0 Å². The fourth-order valence-corrected chi connectivity index (χ4v) is 3.01. The van der Waals surface area contributed by atoms with Crippen LogP contribution in [0.15, 0.2) is 24.3 Å². The number of rotatable bonds is 10. The van der Waals surface area contributed by atoms with Crippen molar-refractivity contribution in [2.45, 2.75) is 45.6 Å². The average Bonchev–Trinajstić information content (AvgIpc) is 2.95. The summed E-state index contributed by atoms with van der Waals surface area (Å²) in [5.41, 5.74) is 0.174. The second-order valence-corrected chi connectivity index (χ2v) is 8.29. The minimum atomic E-state index is -0.602. The van der Waals surface area contributed by atoms with Gasteiger partial charge in [0.05, 0.1) is 11.1 Å². The van der Waals surface area contributed by atoms with Crippen LogP contribution in [0.1, 0.15) is 60.7 Å². The van der Waals surface area contributed by atoms with Gasteiger partial charge in [0, 0.05) is 39.0 Å². The number of ether oxygens (including phenoxy) is 1. The quantitative estimate of drug-likeness (QED) is 0.365. The predicted molar refractivity (Wildman–Crippen MR) is 116 cm³/mol. The fourth-order valence-electron chi connectivity index (χ4n) is 3.01. The van der Waals surface area contributed by atoms with Gasteiger partial charge in [0.2, 0.25) is 11.8 Å². The zero-order valence-electron chi connectivity index (χ0n) is 18.7. The molecular formula is C22H30N4O6. The van der Waals surface area contributed by atoms with Crippen molar-refractivity contribution < 1.29 is 28.7 Å². The zero-order chi connectivity index (χ0) is 23.7. The van der Waals surface area contributed by atoms with E-state index in [2.05, 4.69) is 16.0 Å². The van der Waals surface area contributed by atoms with Gasteiger partial charge in [0.1, 0.15) is 5.60 Å². The van der Waals surface area contributed by atoms with Crippen LogP contribution < -0.4 is 16.0 Å². The summed E-state index contributed by atoms with van der Waals surface area (Å²) in [6, 6.07) is 6.64. The Bertz CT molecular complexity index is 842. The largest absolute Gasteiger partial charge is 0.444 e. The Labute approximate surface area is 187 Å². The summed E-state index contributed by atoms with van der Waals surface area (Å²) in [6.45, 7) is 6.05. The second-order valence-electron chi connectivity index (χ2n) is 8.29. The molecule has 1 aliphatic heterocycles. The summed E-state index contributed by atoms with van der Waals surface area (Å²) in [6.07, 6.45) is 0.00742. The number of carbonyl (C=O) groups is 5. The van der Waals surface area contributed by atoms with Gasteiger partial charge < -0.3 is 20.7 Å². The summed E-state index contributed by atoms with van der Waals surface area (Å²) >= 11 is 0. The zero-order valence-corrected chi connectivity index (χ0v) is 18.7. The normalized spacial score (nSPS) is 12.9. The first-order valence-corrected chi connectivity index (χ1v) is 10.5. The van der Waals surface area contributed by atoms with Crippen LogP contribution in [0.25, 0.3) is 0 Å². The van der Waals surface area contributed by atoms with Gasteiger partial charge in [0.15, 0.2) is 0 Å². The third-order valence-electron chi connectivity index (χ3n) is 4.45. The molecule has 10 nitrogen and oxygen atoms in total. The lowest BCUT2D eigenvalue weighted by atomic mass is 10.1. The first kappa shape index (κ1) is 24.8. The molecule has 0 radical (unpaired) electrons. The molecule has 10 heteroatoms. The van der Waals surface area contributed by atoms with Gasteiger partial charge in [-0.25, -0.2) is 4.79 Å². The first-order chi connectivity index (χ1) is 15.1. The van der Waals surface area contributed by atoms with E-state index < -0.39 is 11.7 Å². The van der Waals surface area contributed by atoms with Crippen molar-refractivity contribution in [3.05, 3.63) is 35.4 Å². The molecule has 0 bridgehead atoms. The van der Waals surface area contributed by atoms with Crippen molar-refractivity contribution >= 4 is 29.7 Å². The summed E-state index contributed by atoms with van der Waals surface area (Å²) in [5, 5.41) is 7.80. The molecule has 0 unspecified atom stereocenters. The van der Waals surface area contributed by atoms with E-state index in [-0.39, 0.29) is 62.6 Å². The molecule has 2 rings (SSSR count). The number of alkyl carbamates (subject to hydrolysis) is 1. The molecular weight excluding hydrogens is 416 g/mol. The van der Waals surface area contributed by atoms with E-state index in [0.717, 1.165) is 4.90 Å². The van der Waals surface area contributed by atoms with Crippen LogP contribution in [0, 0.1) is 0 Å². The molecule has 1 aromatic carbocycles. The number of nitrogens with one attached hydrogen (secondary N) is 3. The van der Waals surface area contributed by atoms with Crippen molar-refractivity contribution in [3.63, 3.8) is 0 Å². The minimum Gasteiger partial charge on any atom is -0.444 e. The van der Waals surface area contributed by atoms with Crippen molar-refractivity contribution in [2.75, 3.05) is 26.2 Å². The van der Waals surface area contributed by atoms with E-state index in [9.17, 15) is 24.0 Å². The Morgan fingerprint density at radius 3 is 1.91 bits per heavy atom. The molecule has 0 aliphatic carbocycles. The standard InChI is InChI=1S/C22H30N4O6/c1-22(2,3)32-21(31)25-11-10-18(28)24-13-12-23-17(27)9-6-14-26-19(29)15-7-4-5-8-16(15)20(26)30/h4-5,7-8H,6,9-14H2,1-3H3,(H,23,27)(H,24,28)(H,25,31). The van der Waals surface area contributed by atoms with Gasteiger partial charge in [-0.1, -0.05) is 12.1 Å². The average molecular weight is 447 g/mol. The van der Waals surface area contributed by atoms with Gasteiger partial charge >= 0.3 is 6.09 Å². The van der Waals surface area contributed by atoms with Gasteiger partial charge in [-0.05, 0) is 39.3 Å². The maximum atomic E-state index is 12.3. The lowest BCUT2D eigenvalue weighted by molar-refractivity contribution is -0.122. The maximum Gasteiger partial charge on any atom is 0.407 e. The summed E-state index contributed by atoms with van der Waals surface area (Å²) in [5.74, 6) is -1.17. The molecule has 32 heavy (non-hydrogen) atoms. The maximum absolute atomic E-state index is 12.3. The number of hydrogen-bond donors (Lipinski definition) is 3. The van der Waals surface area contributed by atoms with E-state index in [0.29, 0.717) is 17.5 Å². The molecule has 0 aromatic heterocycles. The SMILES string of the molecule is CC(C)(C)OC(=O)NCCC(=O)NCCNC(=O)CCCN1C(=O)c2ccccc2C1=O. The van der Waals surface area contributed by atoms with Crippen molar-refractivity contribution in [1.82, 2.24) is 20.9 Å². The first-order valence-electron chi connectivity index (χ1n) is 10.5. The Hall–Kier alpha value is -3.43. The highest BCUT2D eigenvalue weighted by molar-refractivity contribution is 6.21. The summed E-state index contributed by atoms with van der Waals surface area (Å²) < 4.78 is 5.07. The van der Waals surface area contributed by atoms with Crippen molar-refractivity contribution in [3.8, 4) is 0 Å². The van der Waals surface area contributed by atoms with E-state index in [1.807, 2.05) is 0 Å². The van der Waals surface area contributed by atoms with E-state index in [4.69, 9.17) is 4.74 Å². The number of carbonyl (C=O) groups excluding carboxylic acids is 5. The van der Waals surface area contributed by atoms with Gasteiger partial charge in [-0.15, -0.1) is 0 Å². The van der Waals surface area contributed by atoms with Crippen molar-refractivity contribution in [1.29, 1.82) is 0 Å². The molecule has 3 N–H and O–H groups in total. The van der Waals surface area contributed by atoms with Gasteiger partial charge in [-0.2, -0.15) is 0 Å². The van der Waals surface area contributed by atoms with Crippen LogP contribution in [0.4, 0.5) is 4.79 Å². The highest BCUT2D eigenvalue weighted by atomic mass is 16.6. The number of fused-ring (bicyclic) bond motifs is 1. The highest BCUT2D eigenvalue weighted by Gasteiger charge is 2.34. The number of nitrogens with zero attached hydrogens (tertiary/aromatic N) is 1. The molecule has 174 valence electrons. The number of amides is 5. The van der Waals surface area contributed by atoms with Gasteiger partial charge in [0.25, 0.3) is 11.8 Å². The monoisotopic (exact) mass is 446 g/mol. The van der Waals surface area contributed by atoms with Crippen LogP contribution in [0.3, 0.4) is 0 Å². The fraction of sp³-hybridized carbons (Fsp3) is 0.500. The lowest BCUT2D eigenvalue weighted by Crippen LogP contribution is -2.37. The lowest BCUT2D eigenvalue weighted by Gasteiger charge is -2.19.